The molecule has 0 aromatic rings. The first-order chi connectivity index (χ1) is 25.8. The van der Waals surface area contributed by atoms with E-state index in [-0.39, 0.29) is 0 Å². The molecule has 0 saturated carbocycles. The fourth-order valence-corrected chi connectivity index (χ4v) is 7.97. The smallest absolute Gasteiger partial charge is 0.185 e. The Bertz CT molecular complexity index is 815. The zero-order valence-corrected chi connectivity index (χ0v) is 36.4. The summed E-state index contributed by atoms with van der Waals surface area (Å²) in [6.07, 6.45) is 46.5. The van der Waals surface area contributed by atoms with Crippen molar-refractivity contribution in [3.05, 3.63) is 24.3 Å². The summed E-state index contributed by atoms with van der Waals surface area (Å²) in [6.45, 7) is 12.5. The van der Waals surface area contributed by atoms with Crippen molar-refractivity contribution in [2.75, 3.05) is 73.5 Å². The number of carboxylic acids is 1. The molecule has 0 radical (unpaired) electrons. The van der Waals surface area contributed by atoms with Crippen molar-refractivity contribution in [3.63, 3.8) is 0 Å². The number of rotatable bonds is 35. The van der Waals surface area contributed by atoms with Crippen LogP contribution in [-0.2, 0) is 4.79 Å². The molecule has 1 aliphatic heterocycles. The van der Waals surface area contributed by atoms with Gasteiger partial charge in [-0.1, -0.05) is 154 Å². The molecule has 0 amide bonds. The highest BCUT2D eigenvalue weighted by molar-refractivity contribution is 5.69. The zero-order valence-electron chi connectivity index (χ0n) is 36.4. The van der Waals surface area contributed by atoms with Gasteiger partial charge in [-0.25, -0.2) is 4.90 Å². The van der Waals surface area contributed by atoms with Crippen LogP contribution in [0, 0.1) is 0 Å². The Labute approximate surface area is 331 Å². The minimum atomic E-state index is -0.948. The van der Waals surface area contributed by atoms with E-state index in [2.05, 4.69) is 52.9 Å². The van der Waals surface area contributed by atoms with Gasteiger partial charge < -0.3 is 24.2 Å². The second-order valence-electron chi connectivity index (χ2n) is 17.4. The number of nitrogens with zero attached hydrogens (tertiary/aromatic N) is 4. The molecular formula is C47H92N4O2. The van der Waals surface area contributed by atoms with Gasteiger partial charge in [0.25, 0.3) is 0 Å². The third kappa shape index (κ3) is 29.7. The molecule has 1 aliphatic rings. The maximum atomic E-state index is 12.4. The summed E-state index contributed by atoms with van der Waals surface area (Å²) >= 11 is 0. The molecule has 53 heavy (non-hydrogen) atoms. The highest BCUT2D eigenvalue weighted by Crippen LogP contribution is 2.15. The van der Waals surface area contributed by atoms with Gasteiger partial charge in [0.2, 0.25) is 0 Å². The van der Waals surface area contributed by atoms with Crippen LogP contribution in [0.25, 0.3) is 0 Å². The lowest BCUT2D eigenvalue weighted by molar-refractivity contribution is -0.901. The average Bonchev–Trinajstić information content (AvgIpc) is 3.21. The van der Waals surface area contributed by atoms with Crippen LogP contribution in [0.2, 0.25) is 0 Å². The van der Waals surface area contributed by atoms with Gasteiger partial charge in [-0.05, 0) is 77.3 Å². The summed E-state index contributed by atoms with van der Waals surface area (Å²) in [6, 6.07) is 0. The predicted molar refractivity (Wildman–Crippen MR) is 230 cm³/mol. The van der Waals surface area contributed by atoms with Crippen LogP contribution in [0.15, 0.2) is 24.3 Å². The van der Waals surface area contributed by atoms with Crippen LogP contribution in [0.3, 0.4) is 0 Å². The van der Waals surface area contributed by atoms with Gasteiger partial charge in [-0.3, -0.25) is 0 Å². The Kier molecular flexibility index (Phi) is 33.1. The van der Waals surface area contributed by atoms with E-state index < -0.39 is 12.1 Å². The molecule has 1 saturated heterocycles. The molecule has 1 atom stereocenters. The van der Waals surface area contributed by atoms with E-state index in [1.165, 1.54) is 180 Å². The van der Waals surface area contributed by atoms with Crippen molar-refractivity contribution in [1.29, 1.82) is 0 Å². The number of carbonyl (C=O) groups excluding carboxylic acids is 1. The molecule has 1 fully saturated rings. The summed E-state index contributed by atoms with van der Waals surface area (Å²) in [5.41, 5.74) is 0. The van der Waals surface area contributed by atoms with Crippen molar-refractivity contribution < 1.29 is 14.4 Å². The van der Waals surface area contributed by atoms with E-state index in [1.807, 2.05) is 21.1 Å². The van der Waals surface area contributed by atoms with E-state index >= 15 is 0 Å². The molecule has 1 rings (SSSR count). The lowest BCUT2D eigenvalue weighted by Gasteiger charge is -2.42. The fraction of sp³-hybridized carbons (Fsp3) is 0.894. The number of allylic oxidation sites excluding steroid dienone is 4. The van der Waals surface area contributed by atoms with E-state index in [4.69, 9.17) is 0 Å². The minimum Gasteiger partial charge on any atom is -0.543 e. The summed E-state index contributed by atoms with van der Waals surface area (Å²) in [7, 11) is 5.96. The third-order valence-corrected chi connectivity index (χ3v) is 11.4. The second kappa shape index (κ2) is 35.2. The lowest BCUT2D eigenvalue weighted by Crippen LogP contribution is -2.64. The monoisotopic (exact) mass is 745 g/mol. The molecule has 0 aliphatic carbocycles. The number of likely N-dealkylation sites (N-methyl/N-ethyl adjacent to an activating group) is 1. The quantitative estimate of drug-likeness (QED) is 0.0367. The van der Waals surface area contributed by atoms with Crippen molar-refractivity contribution in [3.8, 4) is 0 Å². The standard InChI is InChI=1S/C47H92N4O2/c1-6-8-10-12-14-16-18-20-22-24-26-28-30-32-34-36-38-48-40-41-49(43-45-50(44-42-48)46(47(52)53)51(3,4)5)39-37-35-33-31-29-27-25-23-21-19-17-15-13-11-9-7-2/h20-23,46H,6-19,24-45H2,1-5H3/b22-20-,23-21-. The van der Waals surface area contributed by atoms with Gasteiger partial charge in [-0.2, -0.15) is 0 Å². The Morgan fingerprint density at radius 2 is 0.755 bits per heavy atom. The summed E-state index contributed by atoms with van der Waals surface area (Å²) < 4.78 is 0.367. The maximum Gasteiger partial charge on any atom is 0.185 e. The highest BCUT2D eigenvalue weighted by atomic mass is 16.4. The van der Waals surface area contributed by atoms with Gasteiger partial charge in [0.05, 0.1) is 21.1 Å². The largest absolute Gasteiger partial charge is 0.543 e. The van der Waals surface area contributed by atoms with Crippen molar-refractivity contribution >= 4 is 5.97 Å². The van der Waals surface area contributed by atoms with Crippen LogP contribution in [-0.4, -0.2) is 105 Å². The molecule has 0 aromatic carbocycles. The van der Waals surface area contributed by atoms with Gasteiger partial charge in [0.15, 0.2) is 6.17 Å². The van der Waals surface area contributed by atoms with E-state index in [0.717, 1.165) is 52.4 Å². The first-order valence-electron chi connectivity index (χ1n) is 23.3. The number of hydrogen-bond acceptors (Lipinski definition) is 5. The molecule has 0 N–H and O–H groups in total. The normalized spacial score (nSPS) is 16.4. The topological polar surface area (TPSA) is 49.8 Å². The SMILES string of the molecule is CCCCCCCC/C=C\CCCCCCCCN1CCN(CCCCCCCC/C=C\CCCCCCCC)CCN(C(C(=O)[O-])[N+](C)(C)C)CC1. The predicted octanol–water partition coefficient (Wildman–Crippen LogP) is 10.8. The summed E-state index contributed by atoms with van der Waals surface area (Å²) in [5.74, 6) is -0.948. The van der Waals surface area contributed by atoms with Crippen LogP contribution in [0.5, 0.6) is 0 Å². The first-order valence-corrected chi connectivity index (χ1v) is 23.3. The van der Waals surface area contributed by atoms with Crippen molar-refractivity contribution in [1.82, 2.24) is 14.7 Å². The number of quaternary nitrogens is 1. The number of unbranched alkanes of at least 4 members (excludes halogenated alkanes) is 24. The number of aliphatic carboxylic acids is 1. The molecule has 1 unspecified atom stereocenters. The Balaban J connectivity index is 2.34. The maximum absolute atomic E-state index is 12.4. The molecule has 6 heteroatoms. The third-order valence-electron chi connectivity index (χ3n) is 11.4. The molecule has 312 valence electrons. The summed E-state index contributed by atoms with van der Waals surface area (Å²) in [4.78, 5) is 19.8. The van der Waals surface area contributed by atoms with Crippen LogP contribution < -0.4 is 5.11 Å². The second-order valence-corrected chi connectivity index (χ2v) is 17.4. The van der Waals surface area contributed by atoms with Gasteiger partial charge >= 0.3 is 0 Å². The van der Waals surface area contributed by atoms with E-state index in [9.17, 15) is 9.90 Å². The Morgan fingerprint density at radius 1 is 0.472 bits per heavy atom. The van der Waals surface area contributed by atoms with Crippen LogP contribution in [0.1, 0.15) is 194 Å². The van der Waals surface area contributed by atoms with E-state index in [0.29, 0.717) is 4.48 Å². The Morgan fingerprint density at radius 3 is 1.06 bits per heavy atom. The van der Waals surface area contributed by atoms with Crippen LogP contribution >= 0.6 is 0 Å². The molecule has 0 bridgehead atoms. The summed E-state index contributed by atoms with van der Waals surface area (Å²) in [5, 5.41) is 12.4. The highest BCUT2D eigenvalue weighted by Gasteiger charge is 2.32. The number of carboxylic acid groups (broad SMARTS) is 1. The molecule has 6 nitrogen and oxygen atoms in total. The molecule has 0 spiro atoms. The first kappa shape index (κ1) is 49.8. The lowest BCUT2D eigenvalue weighted by atomic mass is 10.1. The average molecular weight is 745 g/mol. The van der Waals surface area contributed by atoms with Gasteiger partial charge in [0, 0.05) is 39.3 Å². The van der Waals surface area contributed by atoms with Crippen molar-refractivity contribution in [2.45, 2.75) is 200 Å². The van der Waals surface area contributed by atoms with Gasteiger partial charge in [-0.15, -0.1) is 0 Å². The number of hydrogen-bond donors (Lipinski definition) is 0. The molecular weight excluding hydrogens is 653 g/mol. The molecule has 1 heterocycles. The van der Waals surface area contributed by atoms with Gasteiger partial charge in [0.1, 0.15) is 5.97 Å². The van der Waals surface area contributed by atoms with Crippen molar-refractivity contribution in [2.24, 2.45) is 0 Å². The van der Waals surface area contributed by atoms with E-state index in [1.54, 1.807) is 0 Å². The fourth-order valence-electron chi connectivity index (χ4n) is 7.97. The Hall–Kier alpha value is -1.21. The minimum absolute atomic E-state index is 0.367. The molecule has 0 aromatic heterocycles. The zero-order chi connectivity index (χ0) is 38.7. The van der Waals surface area contributed by atoms with Crippen LogP contribution in [0.4, 0.5) is 0 Å². The number of carbonyl (C=O) groups is 1.